The highest BCUT2D eigenvalue weighted by molar-refractivity contribution is 4.96. The lowest BCUT2D eigenvalue weighted by molar-refractivity contribution is -0.0268. The normalized spacial score (nSPS) is 45.7. The fourth-order valence-electron chi connectivity index (χ4n) is 4.20. The third kappa shape index (κ3) is 2.53. The monoisotopic (exact) mass is 237 g/mol. The molecule has 0 aromatic rings. The Morgan fingerprint density at radius 3 is 2.59 bits per heavy atom. The van der Waals surface area contributed by atoms with Crippen LogP contribution in [-0.4, -0.2) is 24.8 Å². The number of fused-ring (bicyclic) bond motifs is 2. The van der Waals surface area contributed by atoms with Gasteiger partial charge in [0, 0.05) is 18.7 Å². The number of hydrogen-bond donors (Lipinski definition) is 1. The summed E-state index contributed by atoms with van der Waals surface area (Å²) in [5.41, 5.74) is 0. The second-order valence-electron chi connectivity index (χ2n) is 6.82. The van der Waals surface area contributed by atoms with Crippen LogP contribution in [0.5, 0.6) is 0 Å². The van der Waals surface area contributed by atoms with Crippen LogP contribution in [0, 0.1) is 17.8 Å². The van der Waals surface area contributed by atoms with Crippen LogP contribution in [-0.2, 0) is 4.74 Å². The molecular formula is C15H27NO. The minimum absolute atomic E-state index is 0.486. The molecule has 3 rings (SSSR count). The summed E-state index contributed by atoms with van der Waals surface area (Å²) in [5.74, 6) is 2.72. The van der Waals surface area contributed by atoms with Gasteiger partial charge in [0.05, 0.1) is 6.10 Å². The van der Waals surface area contributed by atoms with Crippen molar-refractivity contribution >= 4 is 0 Å². The summed E-state index contributed by atoms with van der Waals surface area (Å²) < 4.78 is 5.86. The first kappa shape index (κ1) is 12.0. The summed E-state index contributed by atoms with van der Waals surface area (Å²) in [6, 6.07) is 1.56. The highest BCUT2D eigenvalue weighted by Gasteiger charge is 2.40. The van der Waals surface area contributed by atoms with Crippen molar-refractivity contribution in [1.29, 1.82) is 0 Å². The summed E-state index contributed by atoms with van der Waals surface area (Å²) in [6.45, 7) is 5.52. The molecule has 0 radical (unpaired) electrons. The molecular weight excluding hydrogens is 210 g/mol. The fourth-order valence-corrected chi connectivity index (χ4v) is 4.20. The third-order valence-corrected chi connectivity index (χ3v) is 5.25. The molecule has 2 nitrogen and oxygen atoms in total. The van der Waals surface area contributed by atoms with E-state index >= 15 is 0 Å². The molecule has 0 amide bonds. The highest BCUT2D eigenvalue weighted by Crippen LogP contribution is 2.44. The molecule has 1 saturated heterocycles. The summed E-state index contributed by atoms with van der Waals surface area (Å²) >= 11 is 0. The first-order valence-corrected chi connectivity index (χ1v) is 7.60. The highest BCUT2D eigenvalue weighted by atomic mass is 16.5. The van der Waals surface area contributed by atoms with Crippen molar-refractivity contribution in [3.8, 4) is 0 Å². The molecule has 17 heavy (non-hydrogen) atoms. The van der Waals surface area contributed by atoms with Gasteiger partial charge in [0.25, 0.3) is 0 Å². The Bertz CT molecular complexity index is 266. The van der Waals surface area contributed by atoms with Gasteiger partial charge in [-0.15, -0.1) is 0 Å². The molecule has 1 heterocycles. The van der Waals surface area contributed by atoms with Crippen LogP contribution in [0.3, 0.4) is 0 Å². The number of ether oxygens (including phenoxy) is 1. The lowest BCUT2D eigenvalue weighted by Crippen LogP contribution is -2.46. The van der Waals surface area contributed by atoms with Gasteiger partial charge >= 0.3 is 0 Å². The largest absolute Gasteiger partial charge is 0.378 e. The number of hydrogen-bond acceptors (Lipinski definition) is 2. The van der Waals surface area contributed by atoms with E-state index in [2.05, 4.69) is 19.2 Å². The van der Waals surface area contributed by atoms with Crippen molar-refractivity contribution in [3.05, 3.63) is 0 Å². The van der Waals surface area contributed by atoms with Crippen LogP contribution >= 0.6 is 0 Å². The Morgan fingerprint density at radius 1 is 1.06 bits per heavy atom. The maximum Gasteiger partial charge on any atom is 0.0612 e. The molecule has 1 aliphatic heterocycles. The SMILES string of the molecule is CC(C)C1CC(NC2CC3CCC2C3)CCO1. The fraction of sp³-hybridized carbons (Fsp3) is 1.00. The van der Waals surface area contributed by atoms with Gasteiger partial charge in [-0.3, -0.25) is 0 Å². The summed E-state index contributed by atoms with van der Waals surface area (Å²) in [6.07, 6.45) is 8.88. The van der Waals surface area contributed by atoms with Crippen molar-refractivity contribution in [2.45, 2.75) is 70.6 Å². The Kier molecular flexibility index (Phi) is 3.45. The van der Waals surface area contributed by atoms with E-state index < -0.39 is 0 Å². The molecule has 1 N–H and O–H groups in total. The third-order valence-electron chi connectivity index (χ3n) is 5.25. The van der Waals surface area contributed by atoms with Gasteiger partial charge in [-0.25, -0.2) is 0 Å². The van der Waals surface area contributed by atoms with Crippen LogP contribution < -0.4 is 5.32 Å². The van der Waals surface area contributed by atoms with Gasteiger partial charge in [0.2, 0.25) is 0 Å². The lowest BCUT2D eigenvalue weighted by atomic mass is 9.91. The van der Waals surface area contributed by atoms with E-state index in [4.69, 9.17) is 4.74 Å². The Morgan fingerprint density at radius 2 is 1.94 bits per heavy atom. The first-order chi connectivity index (χ1) is 8.22. The standard InChI is InChI=1S/C15H27NO/c1-10(2)15-9-13(5-6-17-15)16-14-8-11-3-4-12(14)7-11/h10-16H,3-9H2,1-2H3. The molecule has 3 fully saturated rings. The summed E-state index contributed by atoms with van der Waals surface area (Å²) in [7, 11) is 0. The molecule has 2 bridgehead atoms. The second-order valence-corrected chi connectivity index (χ2v) is 6.82. The van der Waals surface area contributed by atoms with Crippen molar-refractivity contribution in [1.82, 2.24) is 5.32 Å². The maximum absolute atomic E-state index is 5.86. The van der Waals surface area contributed by atoms with E-state index in [1.807, 2.05) is 0 Å². The minimum Gasteiger partial charge on any atom is -0.378 e. The van der Waals surface area contributed by atoms with E-state index in [1.54, 1.807) is 0 Å². The molecule has 2 saturated carbocycles. The van der Waals surface area contributed by atoms with Gasteiger partial charge < -0.3 is 10.1 Å². The number of nitrogens with one attached hydrogen (secondary N) is 1. The van der Waals surface area contributed by atoms with Crippen molar-refractivity contribution < 1.29 is 4.74 Å². The quantitative estimate of drug-likeness (QED) is 0.815. The topological polar surface area (TPSA) is 21.3 Å². The van der Waals surface area contributed by atoms with Crippen LogP contribution in [0.1, 0.15) is 52.4 Å². The second kappa shape index (κ2) is 4.89. The zero-order valence-corrected chi connectivity index (χ0v) is 11.3. The van der Waals surface area contributed by atoms with E-state index in [-0.39, 0.29) is 0 Å². The molecule has 3 aliphatic rings. The van der Waals surface area contributed by atoms with E-state index in [1.165, 1.54) is 38.5 Å². The van der Waals surface area contributed by atoms with Crippen LogP contribution in [0.2, 0.25) is 0 Å². The smallest absolute Gasteiger partial charge is 0.0612 e. The minimum atomic E-state index is 0.486. The summed E-state index contributed by atoms with van der Waals surface area (Å²) in [4.78, 5) is 0. The van der Waals surface area contributed by atoms with Gasteiger partial charge in [-0.2, -0.15) is 0 Å². The molecule has 0 spiro atoms. The maximum atomic E-state index is 5.86. The van der Waals surface area contributed by atoms with Crippen molar-refractivity contribution in [3.63, 3.8) is 0 Å². The van der Waals surface area contributed by atoms with Gasteiger partial charge in [-0.1, -0.05) is 20.3 Å². The summed E-state index contributed by atoms with van der Waals surface area (Å²) in [5, 5.41) is 3.95. The molecule has 2 heteroatoms. The van der Waals surface area contributed by atoms with Crippen molar-refractivity contribution in [2.75, 3.05) is 6.61 Å². The Hall–Kier alpha value is -0.0800. The zero-order chi connectivity index (χ0) is 11.8. The molecule has 0 aromatic heterocycles. The molecule has 98 valence electrons. The molecule has 5 unspecified atom stereocenters. The molecule has 0 aromatic carbocycles. The van der Waals surface area contributed by atoms with E-state index in [0.717, 1.165) is 30.5 Å². The predicted molar refractivity (Wildman–Crippen MR) is 70.0 cm³/mol. The van der Waals surface area contributed by atoms with Crippen LogP contribution in [0.15, 0.2) is 0 Å². The van der Waals surface area contributed by atoms with Crippen LogP contribution in [0.4, 0.5) is 0 Å². The average molecular weight is 237 g/mol. The van der Waals surface area contributed by atoms with Gasteiger partial charge in [0.1, 0.15) is 0 Å². The lowest BCUT2D eigenvalue weighted by Gasteiger charge is -2.36. The first-order valence-electron chi connectivity index (χ1n) is 7.60. The van der Waals surface area contributed by atoms with Gasteiger partial charge in [0.15, 0.2) is 0 Å². The Labute approximate surface area is 105 Å². The molecule has 5 atom stereocenters. The molecule has 2 aliphatic carbocycles. The van der Waals surface area contributed by atoms with E-state index in [9.17, 15) is 0 Å². The predicted octanol–water partition coefficient (Wildman–Crippen LogP) is 2.97. The van der Waals surface area contributed by atoms with Gasteiger partial charge in [-0.05, 0) is 49.9 Å². The average Bonchev–Trinajstić information content (AvgIpc) is 2.91. The van der Waals surface area contributed by atoms with Crippen molar-refractivity contribution in [2.24, 2.45) is 17.8 Å². The van der Waals surface area contributed by atoms with E-state index in [0.29, 0.717) is 12.0 Å². The zero-order valence-electron chi connectivity index (χ0n) is 11.3. The van der Waals surface area contributed by atoms with Crippen LogP contribution in [0.25, 0.3) is 0 Å². The Balaban J connectivity index is 1.51. The number of rotatable bonds is 3.